The predicted molar refractivity (Wildman–Crippen MR) is 124 cm³/mol. The number of ether oxygens (including phenoxy) is 1. The van der Waals surface area contributed by atoms with E-state index in [0.717, 1.165) is 45.8 Å². The maximum Gasteiger partial charge on any atom is 0.119 e. The van der Waals surface area contributed by atoms with E-state index in [9.17, 15) is 0 Å². The van der Waals surface area contributed by atoms with Gasteiger partial charge in [0.1, 0.15) is 16.8 Å². The molecule has 0 fully saturated rings. The number of nitrogens with one attached hydrogen (secondary N) is 1. The second-order valence-corrected chi connectivity index (χ2v) is 7.73. The van der Waals surface area contributed by atoms with Crippen molar-refractivity contribution in [1.29, 1.82) is 0 Å². The van der Waals surface area contributed by atoms with Crippen molar-refractivity contribution in [1.82, 2.24) is 23.8 Å². The summed E-state index contributed by atoms with van der Waals surface area (Å²) in [5.41, 5.74) is 7.18. The molecule has 0 atom stereocenters. The van der Waals surface area contributed by atoms with Crippen LogP contribution < -0.4 is 10.1 Å². The minimum Gasteiger partial charge on any atom is -0.497 e. The molecular weight excluding hydrogens is 406 g/mol. The SMILES string of the molecule is COc1cccc(-c2nn(-c3ccccc3)cc2CNCc2ccc3nsnc3c2)c1. The van der Waals surface area contributed by atoms with E-state index in [1.165, 1.54) is 17.3 Å². The van der Waals surface area contributed by atoms with Crippen molar-refractivity contribution in [3.8, 4) is 22.7 Å². The van der Waals surface area contributed by atoms with Crippen LogP contribution in [0.15, 0.2) is 79.0 Å². The summed E-state index contributed by atoms with van der Waals surface area (Å²) < 4.78 is 15.9. The summed E-state index contributed by atoms with van der Waals surface area (Å²) >= 11 is 1.24. The number of hydrogen-bond acceptors (Lipinski definition) is 6. The molecule has 31 heavy (non-hydrogen) atoms. The minimum atomic E-state index is 0.687. The number of rotatable bonds is 7. The van der Waals surface area contributed by atoms with Gasteiger partial charge in [0.2, 0.25) is 0 Å². The number of benzene rings is 3. The molecule has 0 saturated carbocycles. The molecule has 0 bridgehead atoms. The van der Waals surface area contributed by atoms with Crippen LogP contribution in [0.3, 0.4) is 0 Å². The van der Waals surface area contributed by atoms with Crippen LogP contribution in [0.1, 0.15) is 11.1 Å². The quantitative estimate of drug-likeness (QED) is 0.403. The van der Waals surface area contributed by atoms with Gasteiger partial charge in [0, 0.05) is 30.4 Å². The van der Waals surface area contributed by atoms with E-state index in [1.807, 2.05) is 47.1 Å². The van der Waals surface area contributed by atoms with E-state index in [4.69, 9.17) is 9.84 Å². The fraction of sp³-hybridized carbons (Fsp3) is 0.125. The molecule has 0 unspecified atom stereocenters. The maximum atomic E-state index is 5.41. The third kappa shape index (κ3) is 4.19. The van der Waals surface area contributed by atoms with Gasteiger partial charge in [-0.05, 0) is 42.0 Å². The van der Waals surface area contributed by atoms with Crippen molar-refractivity contribution in [2.45, 2.75) is 13.1 Å². The van der Waals surface area contributed by atoms with Crippen LogP contribution in [0.2, 0.25) is 0 Å². The fourth-order valence-corrected chi connectivity index (χ4v) is 4.06. The average molecular weight is 428 g/mol. The number of fused-ring (bicyclic) bond motifs is 1. The molecule has 2 aromatic heterocycles. The van der Waals surface area contributed by atoms with Gasteiger partial charge in [-0.3, -0.25) is 0 Å². The lowest BCUT2D eigenvalue weighted by Crippen LogP contribution is -2.12. The zero-order valence-corrected chi connectivity index (χ0v) is 17.8. The van der Waals surface area contributed by atoms with E-state index >= 15 is 0 Å². The topological polar surface area (TPSA) is 64.9 Å². The molecule has 2 heterocycles. The Balaban J connectivity index is 1.42. The summed E-state index contributed by atoms with van der Waals surface area (Å²) in [4.78, 5) is 0. The van der Waals surface area contributed by atoms with E-state index in [1.54, 1.807) is 7.11 Å². The molecule has 7 heteroatoms. The van der Waals surface area contributed by atoms with Crippen molar-refractivity contribution in [2.24, 2.45) is 0 Å². The summed E-state index contributed by atoms with van der Waals surface area (Å²) in [6.45, 7) is 1.42. The normalized spacial score (nSPS) is 11.1. The van der Waals surface area contributed by atoms with Gasteiger partial charge in [-0.25, -0.2) is 4.68 Å². The van der Waals surface area contributed by atoms with Crippen LogP contribution in [-0.2, 0) is 13.1 Å². The van der Waals surface area contributed by atoms with Crippen molar-refractivity contribution >= 4 is 22.8 Å². The number of nitrogens with zero attached hydrogens (tertiary/aromatic N) is 4. The Morgan fingerprint density at radius 3 is 2.65 bits per heavy atom. The first kappa shape index (κ1) is 19.4. The Morgan fingerprint density at radius 1 is 0.903 bits per heavy atom. The Kier molecular flexibility index (Phi) is 5.43. The van der Waals surface area contributed by atoms with Crippen LogP contribution >= 0.6 is 11.7 Å². The minimum absolute atomic E-state index is 0.687. The lowest BCUT2D eigenvalue weighted by molar-refractivity contribution is 0.415. The highest BCUT2D eigenvalue weighted by atomic mass is 32.1. The molecule has 6 nitrogen and oxygen atoms in total. The molecule has 0 spiro atoms. The predicted octanol–water partition coefficient (Wildman–Crippen LogP) is 4.84. The summed E-state index contributed by atoms with van der Waals surface area (Å²) in [5.74, 6) is 0.816. The second kappa shape index (κ2) is 8.67. The zero-order valence-electron chi connectivity index (χ0n) is 17.0. The second-order valence-electron chi connectivity index (χ2n) is 7.21. The molecular formula is C24H21N5OS. The third-order valence-electron chi connectivity index (χ3n) is 5.12. The van der Waals surface area contributed by atoms with E-state index in [2.05, 4.69) is 50.6 Å². The molecule has 0 aliphatic carbocycles. The molecule has 5 aromatic rings. The van der Waals surface area contributed by atoms with Gasteiger partial charge < -0.3 is 10.1 Å². The van der Waals surface area contributed by atoms with Gasteiger partial charge in [0.25, 0.3) is 0 Å². The van der Waals surface area contributed by atoms with Gasteiger partial charge >= 0.3 is 0 Å². The van der Waals surface area contributed by atoms with E-state index < -0.39 is 0 Å². The van der Waals surface area contributed by atoms with Crippen LogP contribution in [0, 0.1) is 0 Å². The smallest absolute Gasteiger partial charge is 0.119 e. The van der Waals surface area contributed by atoms with Gasteiger partial charge in [-0.2, -0.15) is 13.8 Å². The monoisotopic (exact) mass is 427 g/mol. The van der Waals surface area contributed by atoms with Gasteiger partial charge in [-0.1, -0.05) is 36.4 Å². The highest BCUT2D eigenvalue weighted by Gasteiger charge is 2.13. The summed E-state index contributed by atoms with van der Waals surface area (Å²) in [6.07, 6.45) is 2.09. The first-order chi connectivity index (χ1) is 15.3. The third-order valence-corrected chi connectivity index (χ3v) is 5.67. The summed E-state index contributed by atoms with van der Waals surface area (Å²) in [6, 6.07) is 24.4. The van der Waals surface area contributed by atoms with Crippen LogP contribution in [0.4, 0.5) is 0 Å². The van der Waals surface area contributed by atoms with Crippen molar-refractivity contribution in [2.75, 3.05) is 7.11 Å². The largest absolute Gasteiger partial charge is 0.497 e. The fourth-order valence-electron chi connectivity index (χ4n) is 3.54. The van der Waals surface area contributed by atoms with Gasteiger partial charge in [-0.15, -0.1) is 0 Å². The zero-order chi connectivity index (χ0) is 21.0. The van der Waals surface area contributed by atoms with Crippen molar-refractivity contribution < 1.29 is 4.74 Å². The Hall–Kier alpha value is -3.55. The standard InChI is InChI=1S/C24H21N5OS/c1-30-21-9-5-6-18(13-21)24-19(16-29(26-24)20-7-3-2-4-8-20)15-25-14-17-10-11-22-23(12-17)28-31-27-22/h2-13,16,25H,14-15H2,1H3. The summed E-state index contributed by atoms with van der Waals surface area (Å²) in [7, 11) is 1.68. The molecule has 154 valence electrons. The van der Waals surface area contributed by atoms with E-state index in [-0.39, 0.29) is 0 Å². The molecule has 3 aromatic carbocycles. The van der Waals surface area contributed by atoms with Gasteiger partial charge in [0.15, 0.2) is 0 Å². The number of hydrogen-bond donors (Lipinski definition) is 1. The van der Waals surface area contributed by atoms with Crippen LogP contribution in [-0.4, -0.2) is 25.6 Å². The Morgan fingerprint density at radius 2 is 1.77 bits per heavy atom. The van der Waals surface area contributed by atoms with Gasteiger partial charge in [0.05, 0.1) is 30.2 Å². The van der Waals surface area contributed by atoms with Crippen LogP contribution in [0.5, 0.6) is 5.75 Å². The number of para-hydroxylation sites is 1. The number of aromatic nitrogens is 4. The van der Waals surface area contributed by atoms with E-state index in [0.29, 0.717) is 6.54 Å². The number of methoxy groups -OCH3 is 1. The molecule has 0 aliphatic rings. The average Bonchev–Trinajstić information content (AvgIpc) is 3.46. The van der Waals surface area contributed by atoms with Crippen LogP contribution in [0.25, 0.3) is 28.0 Å². The maximum absolute atomic E-state index is 5.41. The Labute approximate surface area is 184 Å². The molecule has 0 amide bonds. The lowest BCUT2D eigenvalue weighted by atomic mass is 10.1. The Bertz CT molecular complexity index is 1310. The first-order valence-electron chi connectivity index (χ1n) is 10.0. The van der Waals surface area contributed by atoms with Crippen molar-refractivity contribution in [3.63, 3.8) is 0 Å². The summed E-state index contributed by atoms with van der Waals surface area (Å²) in [5, 5.41) is 8.44. The lowest BCUT2D eigenvalue weighted by Gasteiger charge is -2.07. The molecule has 0 saturated heterocycles. The highest BCUT2D eigenvalue weighted by Crippen LogP contribution is 2.27. The molecule has 5 rings (SSSR count). The molecule has 0 radical (unpaired) electrons. The van der Waals surface area contributed by atoms with Crippen molar-refractivity contribution in [3.05, 3.63) is 90.1 Å². The molecule has 1 N–H and O–H groups in total. The first-order valence-corrected chi connectivity index (χ1v) is 10.7. The highest BCUT2D eigenvalue weighted by molar-refractivity contribution is 7.00. The molecule has 0 aliphatic heterocycles.